The fourth-order valence-corrected chi connectivity index (χ4v) is 2.90. The second-order valence-electron chi connectivity index (χ2n) is 5.35. The molecule has 2 heterocycles. The minimum absolute atomic E-state index is 0.0381. The van der Waals surface area contributed by atoms with Crippen molar-refractivity contribution in [2.24, 2.45) is 5.73 Å². The van der Waals surface area contributed by atoms with Crippen LogP contribution in [-0.2, 0) is 4.74 Å². The van der Waals surface area contributed by atoms with Gasteiger partial charge in [-0.25, -0.2) is 0 Å². The summed E-state index contributed by atoms with van der Waals surface area (Å²) >= 11 is 0. The first-order valence-electron chi connectivity index (χ1n) is 7.11. The van der Waals surface area contributed by atoms with Crippen LogP contribution in [-0.4, -0.2) is 36.8 Å². The first-order chi connectivity index (χ1) is 10.2. The minimum Gasteiger partial charge on any atom is -0.370 e. The molecule has 1 aliphatic rings. The maximum atomic E-state index is 9.22. The van der Waals surface area contributed by atoms with Crippen molar-refractivity contribution in [3.05, 3.63) is 36.0 Å². The Balaban J connectivity index is 2.07. The van der Waals surface area contributed by atoms with Crippen LogP contribution in [0.3, 0.4) is 0 Å². The summed E-state index contributed by atoms with van der Waals surface area (Å²) in [6.45, 7) is 4.13. The molecule has 0 amide bonds. The lowest BCUT2D eigenvalue weighted by Gasteiger charge is -2.38. The molecule has 21 heavy (non-hydrogen) atoms. The number of rotatable bonds is 2. The number of ether oxygens (including phenoxy) is 1. The molecule has 5 heteroatoms. The van der Waals surface area contributed by atoms with Gasteiger partial charge >= 0.3 is 0 Å². The van der Waals surface area contributed by atoms with Crippen molar-refractivity contribution < 1.29 is 4.74 Å². The molecule has 0 radical (unpaired) electrons. The molecule has 1 aromatic heterocycles. The molecular formula is C16H18N4O. The van der Waals surface area contributed by atoms with Gasteiger partial charge in [0.05, 0.1) is 23.3 Å². The highest BCUT2D eigenvalue weighted by Gasteiger charge is 2.25. The maximum absolute atomic E-state index is 9.22. The van der Waals surface area contributed by atoms with Gasteiger partial charge in [-0.3, -0.25) is 4.98 Å². The molecule has 3 rings (SSSR count). The number of nitriles is 1. The predicted molar refractivity (Wildman–Crippen MR) is 82.1 cm³/mol. The van der Waals surface area contributed by atoms with Gasteiger partial charge in [-0.1, -0.05) is 0 Å². The molecular weight excluding hydrogens is 264 g/mol. The Kier molecular flexibility index (Phi) is 3.74. The van der Waals surface area contributed by atoms with E-state index < -0.39 is 0 Å². The summed E-state index contributed by atoms with van der Waals surface area (Å²) in [5.41, 5.74) is 8.20. The van der Waals surface area contributed by atoms with Crippen LogP contribution in [0.5, 0.6) is 0 Å². The third kappa shape index (κ3) is 2.56. The summed E-state index contributed by atoms with van der Waals surface area (Å²) in [6.07, 6.45) is 1.89. The zero-order chi connectivity index (χ0) is 14.8. The average Bonchev–Trinajstić information content (AvgIpc) is 2.53. The van der Waals surface area contributed by atoms with Crippen molar-refractivity contribution in [3.63, 3.8) is 0 Å². The van der Waals surface area contributed by atoms with Crippen LogP contribution < -0.4 is 10.6 Å². The summed E-state index contributed by atoms with van der Waals surface area (Å²) in [5, 5.41) is 10.2. The summed E-state index contributed by atoms with van der Waals surface area (Å²) < 4.78 is 5.81. The van der Waals surface area contributed by atoms with Gasteiger partial charge in [0.2, 0.25) is 0 Å². The van der Waals surface area contributed by atoms with E-state index in [1.54, 1.807) is 6.20 Å². The number of hydrogen-bond donors (Lipinski definition) is 1. The fourth-order valence-electron chi connectivity index (χ4n) is 2.90. The highest BCUT2D eigenvalue weighted by atomic mass is 16.5. The number of pyridine rings is 1. The first kappa shape index (κ1) is 13.8. The fraction of sp³-hybridized carbons (Fsp3) is 0.375. The van der Waals surface area contributed by atoms with E-state index in [4.69, 9.17) is 10.5 Å². The minimum atomic E-state index is 0.0381. The van der Waals surface area contributed by atoms with Crippen molar-refractivity contribution in [1.29, 1.82) is 5.26 Å². The van der Waals surface area contributed by atoms with Gasteiger partial charge in [-0.05, 0) is 31.2 Å². The van der Waals surface area contributed by atoms with Crippen molar-refractivity contribution in [3.8, 4) is 6.07 Å². The molecule has 1 fully saturated rings. The lowest BCUT2D eigenvalue weighted by Crippen LogP contribution is -2.49. The molecule has 1 saturated heterocycles. The first-order valence-corrected chi connectivity index (χ1v) is 7.11. The molecule has 0 aliphatic carbocycles. The Hall–Kier alpha value is -2.16. The molecule has 0 saturated carbocycles. The normalized spacial score (nSPS) is 22.2. The number of fused-ring (bicyclic) bond motifs is 1. The van der Waals surface area contributed by atoms with E-state index in [2.05, 4.69) is 22.9 Å². The number of aromatic nitrogens is 1. The van der Waals surface area contributed by atoms with Gasteiger partial charge in [0.25, 0.3) is 0 Å². The van der Waals surface area contributed by atoms with Gasteiger partial charge in [-0.2, -0.15) is 5.26 Å². The van der Waals surface area contributed by atoms with Crippen molar-refractivity contribution in [2.45, 2.75) is 19.1 Å². The Morgan fingerprint density at radius 3 is 3.05 bits per heavy atom. The largest absolute Gasteiger partial charge is 0.370 e. The maximum Gasteiger partial charge on any atom is 0.101 e. The Labute approximate surface area is 123 Å². The van der Waals surface area contributed by atoms with Gasteiger partial charge in [-0.15, -0.1) is 0 Å². The molecule has 1 aliphatic heterocycles. The van der Waals surface area contributed by atoms with Crippen LogP contribution in [0.25, 0.3) is 10.9 Å². The van der Waals surface area contributed by atoms with Crippen molar-refractivity contribution in [1.82, 2.24) is 4.98 Å². The van der Waals surface area contributed by atoms with E-state index in [0.29, 0.717) is 12.1 Å². The lowest BCUT2D eigenvalue weighted by atomic mass is 10.1. The molecule has 2 atom stereocenters. The van der Waals surface area contributed by atoms with E-state index >= 15 is 0 Å². The van der Waals surface area contributed by atoms with Crippen LogP contribution in [0.1, 0.15) is 12.5 Å². The Morgan fingerprint density at radius 1 is 1.43 bits per heavy atom. The van der Waals surface area contributed by atoms with Crippen LogP contribution in [0.15, 0.2) is 30.5 Å². The zero-order valence-electron chi connectivity index (χ0n) is 12.0. The topological polar surface area (TPSA) is 75.2 Å². The highest BCUT2D eigenvalue weighted by molar-refractivity contribution is 5.95. The highest BCUT2D eigenvalue weighted by Crippen LogP contribution is 2.30. The van der Waals surface area contributed by atoms with Crippen LogP contribution in [0, 0.1) is 11.3 Å². The van der Waals surface area contributed by atoms with Gasteiger partial charge < -0.3 is 15.4 Å². The molecule has 5 nitrogen and oxygen atoms in total. The zero-order valence-corrected chi connectivity index (χ0v) is 12.0. The van der Waals surface area contributed by atoms with Gasteiger partial charge in [0, 0.05) is 36.9 Å². The monoisotopic (exact) mass is 282 g/mol. The number of benzene rings is 1. The summed E-state index contributed by atoms with van der Waals surface area (Å²) in [6, 6.07) is 9.94. The number of anilines is 1. The second kappa shape index (κ2) is 5.68. The molecule has 108 valence electrons. The Bertz CT molecular complexity index is 694. The molecule has 0 bridgehead atoms. The Morgan fingerprint density at radius 2 is 2.29 bits per heavy atom. The smallest absolute Gasteiger partial charge is 0.101 e. The summed E-state index contributed by atoms with van der Waals surface area (Å²) in [4.78, 5) is 6.64. The van der Waals surface area contributed by atoms with E-state index in [1.807, 2.05) is 24.3 Å². The predicted octanol–water partition coefficient (Wildman–Crippen LogP) is 1.66. The summed E-state index contributed by atoms with van der Waals surface area (Å²) in [5.74, 6) is 0. The number of nitrogens with zero attached hydrogens (tertiary/aromatic N) is 3. The van der Waals surface area contributed by atoms with E-state index in [1.165, 1.54) is 0 Å². The summed E-state index contributed by atoms with van der Waals surface area (Å²) in [7, 11) is 0. The third-order valence-corrected chi connectivity index (χ3v) is 3.80. The number of morpholine rings is 1. The van der Waals surface area contributed by atoms with Gasteiger partial charge in [0.1, 0.15) is 6.07 Å². The van der Waals surface area contributed by atoms with Crippen LogP contribution in [0.2, 0.25) is 0 Å². The van der Waals surface area contributed by atoms with E-state index in [9.17, 15) is 5.26 Å². The quantitative estimate of drug-likeness (QED) is 0.906. The standard InChI is InChI=1S/C16H18N4O/c1-11-9-20(10-13(8-18)21-11)15-5-4-12(7-17)16-14(15)3-2-6-19-16/h2-6,11,13H,8-10,18H2,1H3. The van der Waals surface area contributed by atoms with E-state index in [-0.39, 0.29) is 12.2 Å². The second-order valence-corrected chi connectivity index (χ2v) is 5.35. The molecule has 0 spiro atoms. The number of hydrogen-bond acceptors (Lipinski definition) is 5. The average molecular weight is 282 g/mol. The number of nitrogens with two attached hydrogens (primary N) is 1. The van der Waals surface area contributed by atoms with Crippen molar-refractivity contribution >= 4 is 16.6 Å². The van der Waals surface area contributed by atoms with Crippen LogP contribution >= 0.6 is 0 Å². The molecule has 2 aromatic rings. The SMILES string of the molecule is CC1CN(c2ccc(C#N)c3ncccc23)CC(CN)O1. The van der Waals surface area contributed by atoms with Crippen molar-refractivity contribution in [2.75, 3.05) is 24.5 Å². The molecule has 2 unspecified atom stereocenters. The lowest BCUT2D eigenvalue weighted by molar-refractivity contribution is -0.0103. The van der Waals surface area contributed by atoms with Crippen LogP contribution in [0.4, 0.5) is 5.69 Å². The third-order valence-electron chi connectivity index (χ3n) is 3.80. The molecule has 2 N–H and O–H groups in total. The van der Waals surface area contributed by atoms with Gasteiger partial charge in [0.15, 0.2) is 0 Å². The molecule has 1 aromatic carbocycles. The van der Waals surface area contributed by atoms with E-state index in [0.717, 1.165) is 29.7 Å².